The van der Waals surface area contributed by atoms with E-state index in [1.54, 1.807) is 36.4 Å². The number of pyridine rings is 1. The van der Waals surface area contributed by atoms with Crippen LogP contribution in [0.25, 0.3) is 22.2 Å². The Labute approximate surface area is 157 Å². The van der Waals surface area contributed by atoms with Crippen LogP contribution in [-0.2, 0) is 6.18 Å². The molecule has 0 saturated heterocycles. The summed E-state index contributed by atoms with van der Waals surface area (Å²) in [6, 6.07) is 16.3. The van der Waals surface area contributed by atoms with Crippen molar-refractivity contribution in [2.24, 2.45) is 0 Å². The van der Waals surface area contributed by atoms with Crippen molar-refractivity contribution in [3.8, 4) is 17.0 Å². The van der Waals surface area contributed by atoms with E-state index in [4.69, 9.17) is 9.15 Å². The highest BCUT2D eigenvalue weighted by Gasteiger charge is 2.30. The van der Waals surface area contributed by atoms with Crippen molar-refractivity contribution in [2.75, 3.05) is 0 Å². The third-order valence-corrected chi connectivity index (χ3v) is 4.12. The fraction of sp³-hybridized carbons (Fsp3) is 0.0476. The zero-order chi connectivity index (χ0) is 19.7. The number of hydrogen-bond acceptors (Lipinski definition) is 4. The summed E-state index contributed by atoms with van der Waals surface area (Å²) in [5, 5.41) is 0.723. The minimum absolute atomic E-state index is 0.0518. The molecule has 0 N–H and O–H groups in total. The number of alkyl halides is 3. The normalized spacial score (nSPS) is 11.5. The lowest BCUT2D eigenvalue weighted by Crippen LogP contribution is -2.07. The number of fused-ring (bicyclic) bond motifs is 1. The van der Waals surface area contributed by atoms with E-state index >= 15 is 0 Å². The highest BCUT2D eigenvalue weighted by molar-refractivity contribution is 5.93. The zero-order valence-corrected chi connectivity index (χ0v) is 14.2. The van der Waals surface area contributed by atoms with Gasteiger partial charge in [-0.1, -0.05) is 30.3 Å². The second kappa shape index (κ2) is 6.84. The molecular weight excluding hydrogens is 371 g/mol. The number of carbonyl (C=O) groups is 1. The molecule has 140 valence electrons. The van der Waals surface area contributed by atoms with Crippen LogP contribution in [0.15, 0.2) is 77.4 Å². The van der Waals surface area contributed by atoms with Gasteiger partial charge in [0, 0.05) is 10.9 Å². The second-order valence-electron chi connectivity index (χ2n) is 5.97. The lowest BCUT2D eigenvalue weighted by molar-refractivity contribution is -0.137. The first-order valence-corrected chi connectivity index (χ1v) is 8.25. The first-order chi connectivity index (χ1) is 13.4. The van der Waals surface area contributed by atoms with E-state index in [0.29, 0.717) is 16.8 Å². The SMILES string of the molecule is O=C(Oc1cccc2ccc(-c3ccc(C(F)(F)F)cc3)nc12)c1ccco1. The molecule has 28 heavy (non-hydrogen) atoms. The van der Waals surface area contributed by atoms with Crippen LogP contribution in [0.1, 0.15) is 16.1 Å². The molecular formula is C21H12F3NO3. The molecule has 0 aliphatic rings. The molecule has 0 bridgehead atoms. The molecule has 2 heterocycles. The number of halogens is 3. The van der Waals surface area contributed by atoms with Gasteiger partial charge in [0.1, 0.15) is 5.52 Å². The maximum atomic E-state index is 12.7. The van der Waals surface area contributed by atoms with E-state index in [9.17, 15) is 18.0 Å². The molecule has 0 radical (unpaired) electrons. The molecule has 0 spiro atoms. The van der Waals surface area contributed by atoms with E-state index in [1.165, 1.54) is 24.5 Å². The number of carbonyl (C=O) groups excluding carboxylic acids is 1. The Kier molecular flexibility index (Phi) is 4.35. The fourth-order valence-electron chi connectivity index (χ4n) is 2.74. The Balaban J connectivity index is 1.71. The Bertz CT molecular complexity index is 1130. The molecule has 4 nitrogen and oxygen atoms in total. The van der Waals surface area contributed by atoms with E-state index in [2.05, 4.69) is 4.98 Å². The third-order valence-electron chi connectivity index (χ3n) is 4.12. The van der Waals surface area contributed by atoms with E-state index < -0.39 is 17.7 Å². The maximum Gasteiger partial charge on any atom is 0.416 e. The minimum atomic E-state index is -4.40. The fourth-order valence-corrected chi connectivity index (χ4v) is 2.74. The zero-order valence-electron chi connectivity index (χ0n) is 14.2. The molecule has 0 unspecified atom stereocenters. The largest absolute Gasteiger partial charge is 0.457 e. The molecule has 0 atom stereocenters. The number of nitrogens with zero attached hydrogens (tertiary/aromatic N) is 1. The number of ether oxygens (including phenoxy) is 1. The van der Waals surface area contributed by atoms with Gasteiger partial charge in [-0.3, -0.25) is 0 Å². The van der Waals surface area contributed by atoms with Crippen LogP contribution >= 0.6 is 0 Å². The van der Waals surface area contributed by atoms with Gasteiger partial charge >= 0.3 is 12.1 Å². The van der Waals surface area contributed by atoms with Crippen LogP contribution in [0.2, 0.25) is 0 Å². The summed E-state index contributed by atoms with van der Waals surface area (Å²) in [5.41, 5.74) is 0.662. The Morgan fingerprint density at radius 1 is 0.929 bits per heavy atom. The van der Waals surface area contributed by atoms with E-state index in [-0.39, 0.29) is 11.5 Å². The molecule has 4 rings (SSSR count). The van der Waals surface area contributed by atoms with Gasteiger partial charge in [-0.15, -0.1) is 0 Å². The smallest absolute Gasteiger partial charge is 0.416 e. The van der Waals surface area contributed by atoms with Gasteiger partial charge in [0.15, 0.2) is 5.75 Å². The van der Waals surface area contributed by atoms with Crippen LogP contribution in [0.4, 0.5) is 13.2 Å². The molecule has 7 heteroatoms. The average molecular weight is 383 g/mol. The summed E-state index contributed by atoms with van der Waals surface area (Å²) >= 11 is 0. The summed E-state index contributed by atoms with van der Waals surface area (Å²) in [7, 11) is 0. The van der Waals surface area contributed by atoms with Crippen molar-refractivity contribution in [1.82, 2.24) is 4.98 Å². The van der Waals surface area contributed by atoms with Gasteiger partial charge in [-0.2, -0.15) is 13.2 Å². The highest BCUT2D eigenvalue weighted by atomic mass is 19.4. The Hall–Kier alpha value is -3.61. The van der Waals surface area contributed by atoms with Gasteiger partial charge < -0.3 is 9.15 Å². The molecule has 0 saturated carbocycles. The van der Waals surface area contributed by atoms with Gasteiger partial charge in [-0.25, -0.2) is 9.78 Å². The van der Waals surface area contributed by atoms with Crippen LogP contribution < -0.4 is 4.74 Å². The molecule has 2 aromatic heterocycles. The van der Waals surface area contributed by atoms with E-state index in [1.807, 2.05) is 0 Å². The molecule has 0 aliphatic carbocycles. The summed E-state index contributed by atoms with van der Waals surface area (Å²) in [4.78, 5) is 16.6. The maximum absolute atomic E-state index is 12.7. The number of esters is 1. The first kappa shape index (κ1) is 17.8. The number of rotatable bonds is 3. The van der Waals surface area contributed by atoms with Gasteiger partial charge in [-0.05, 0) is 36.4 Å². The van der Waals surface area contributed by atoms with Crippen molar-refractivity contribution in [3.05, 3.63) is 84.3 Å². The second-order valence-corrected chi connectivity index (χ2v) is 5.97. The lowest BCUT2D eigenvalue weighted by atomic mass is 10.1. The van der Waals surface area contributed by atoms with Gasteiger partial charge in [0.2, 0.25) is 5.76 Å². The Morgan fingerprint density at radius 3 is 2.39 bits per heavy atom. The molecule has 2 aromatic carbocycles. The summed E-state index contributed by atoms with van der Waals surface area (Å²) in [6.45, 7) is 0. The Morgan fingerprint density at radius 2 is 1.71 bits per heavy atom. The van der Waals surface area contributed by atoms with Crippen LogP contribution in [0.3, 0.4) is 0 Å². The van der Waals surface area contributed by atoms with Crippen molar-refractivity contribution in [3.63, 3.8) is 0 Å². The standard InChI is InChI=1S/C21H12F3NO3/c22-21(23,24)15-9-6-13(7-10-15)16-11-8-14-3-1-4-17(19(14)25-16)28-20(26)18-5-2-12-27-18/h1-12H. The number of furan rings is 1. The van der Waals surface area contributed by atoms with Gasteiger partial charge in [0.25, 0.3) is 0 Å². The van der Waals surface area contributed by atoms with E-state index in [0.717, 1.165) is 17.5 Å². The number of hydrogen-bond donors (Lipinski definition) is 0. The third kappa shape index (κ3) is 3.46. The first-order valence-electron chi connectivity index (χ1n) is 8.25. The monoisotopic (exact) mass is 383 g/mol. The average Bonchev–Trinajstić information content (AvgIpc) is 3.22. The number of aromatic nitrogens is 1. The van der Waals surface area contributed by atoms with Crippen LogP contribution in [-0.4, -0.2) is 11.0 Å². The highest BCUT2D eigenvalue weighted by Crippen LogP contribution is 2.32. The quantitative estimate of drug-likeness (QED) is 0.335. The summed E-state index contributed by atoms with van der Waals surface area (Å²) < 4.78 is 48.7. The lowest BCUT2D eigenvalue weighted by Gasteiger charge is -2.09. The molecule has 4 aromatic rings. The van der Waals surface area contributed by atoms with Crippen molar-refractivity contribution >= 4 is 16.9 Å². The topological polar surface area (TPSA) is 52.3 Å². The van der Waals surface area contributed by atoms with Crippen LogP contribution in [0.5, 0.6) is 5.75 Å². The van der Waals surface area contributed by atoms with Crippen molar-refractivity contribution in [1.29, 1.82) is 0 Å². The predicted octanol–water partition coefficient (Wildman–Crippen LogP) is 5.73. The van der Waals surface area contributed by atoms with Gasteiger partial charge in [0.05, 0.1) is 17.5 Å². The number of para-hydroxylation sites is 1. The molecule has 0 fully saturated rings. The molecule has 0 amide bonds. The minimum Gasteiger partial charge on any atom is -0.457 e. The molecule has 0 aliphatic heterocycles. The van der Waals surface area contributed by atoms with Crippen molar-refractivity contribution in [2.45, 2.75) is 6.18 Å². The predicted molar refractivity (Wildman–Crippen MR) is 95.8 cm³/mol. The summed E-state index contributed by atoms with van der Waals surface area (Å²) in [6.07, 6.45) is -3.04. The summed E-state index contributed by atoms with van der Waals surface area (Å²) in [5.74, 6) is -0.386. The van der Waals surface area contributed by atoms with Crippen molar-refractivity contribution < 1.29 is 27.1 Å². The number of benzene rings is 2. The van der Waals surface area contributed by atoms with Crippen LogP contribution in [0, 0.1) is 0 Å².